The number of methoxy groups -OCH3 is 1. The molecule has 1 fully saturated rings. The van der Waals surface area contributed by atoms with Gasteiger partial charge in [-0.2, -0.15) is 11.3 Å². The molecule has 19 heavy (non-hydrogen) atoms. The number of hydrogen-bond donors (Lipinski definition) is 0. The van der Waals surface area contributed by atoms with Crippen molar-refractivity contribution in [2.45, 2.75) is 32.1 Å². The first-order chi connectivity index (χ1) is 9.22. The van der Waals surface area contributed by atoms with Crippen LogP contribution in [0.1, 0.15) is 42.5 Å². The molecular weight excluding hydrogens is 260 g/mol. The number of ether oxygens (including phenoxy) is 1. The highest BCUT2D eigenvalue weighted by atomic mass is 32.1. The molecule has 1 aliphatic carbocycles. The van der Waals surface area contributed by atoms with Crippen molar-refractivity contribution in [1.29, 1.82) is 0 Å². The fraction of sp³-hybridized carbons (Fsp3) is 0.467. The number of carbonyl (C=O) groups is 2. The Balaban J connectivity index is 2.22. The Bertz CT molecular complexity index is 468. The Morgan fingerprint density at radius 3 is 2.63 bits per heavy atom. The molecule has 1 heterocycles. The molecule has 0 N–H and O–H groups in total. The zero-order valence-corrected chi connectivity index (χ0v) is 11.9. The third-order valence-electron chi connectivity index (χ3n) is 3.49. The topological polar surface area (TPSA) is 43.4 Å². The van der Waals surface area contributed by atoms with Crippen LogP contribution < -0.4 is 0 Å². The number of carbonyl (C=O) groups excluding carboxylic acids is 2. The van der Waals surface area contributed by atoms with Crippen molar-refractivity contribution >= 4 is 23.1 Å². The van der Waals surface area contributed by atoms with E-state index in [-0.39, 0.29) is 11.4 Å². The van der Waals surface area contributed by atoms with Gasteiger partial charge in [-0.1, -0.05) is 25.3 Å². The highest BCUT2D eigenvalue weighted by Crippen LogP contribution is 2.26. The zero-order chi connectivity index (χ0) is 13.7. The minimum Gasteiger partial charge on any atom is -0.465 e. The number of rotatable bonds is 4. The van der Waals surface area contributed by atoms with Gasteiger partial charge in [0.1, 0.15) is 5.57 Å². The van der Waals surface area contributed by atoms with Gasteiger partial charge in [0.25, 0.3) is 0 Å². The third-order valence-corrected chi connectivity index (χ3v) is 4.17. The lowest BCUT2D eigenvalue weighted by Gasteiger charge is -2.18. The molecule has 0 saturated heterocycles. The maximum atomic E-state index is 12.3. The average Bonchev–Trinajstić information content (AvgIpc) is 2.98. The SMILES string of the molecule is COC(=O)/C(=C\C1CCCCC1)C(=O)c1ccsc1. The van der Waals surface area contributed by atoms with Crippen LogP contribution in [0.2, 0.25) is 0 Å². The van der Waals surface area contributed by atoms with Crippen molar-refractivity contribution in [3.8, 4) is 0 Å². The number of allylic oxidation sites excluding steroid dienone is 1. The Labute approximate surface area is 117 Å². The molecule has 0 amide bonds. The minimum absolute atomic E-state index is 0.188. The average molecular weight is 278 g/mol. The maximum Gasteiger partial charge on any atom is 0.341 e. The van der Waals surface area contributed by atoms with Crippen LogP contribution in [0, 0.1) is 5.92 Å². The van der Waals surface area contributed by atoms with E-state index in [4.69, 9.17) is 4.74 Å². The van der Waals surface area contributed by atoms with Gasteiger partial charge in [0.15, 0.2) is 0 Å². The van der Waals surface area contributed by atoms with Crippen LogP contribution in [0.15, 0.2) is 28.5 Å². The molecule has 0 aliphatic heterocycles. The van der Waals surface area contributed by atoms with Crippen molar-refractivity contribution < 1.29 is 14.3 Å². The van der Waals surface area contributed by atoms with Crippen LogP contribution in [0.25, 0.3) is 0 Å². The summed E-state index contributed by atoms with van der Waals surface area (Å²) >= 11 is 1.45. The highest BCUT2D eigenvalue weighted by molar-refractivity contribution is 7.08. The lowest BCUT2D eigenvalue weighted by Crippen LogP contribution is -2.17. The molecule has 0 radical (unpaired) electrons. The van der Waals surface area contributed by atoms with Gasteiger partial charge in [0, 0.05) is 10.9 Å². The van der Waals surface area contributed by atoms with E-state index in [9.17, 15) is 9.59 Å². The zero-order valence-electron chi connectivity index (χ0n) is 11.1. The van der Waals surface area contributed by atoms with Gasteiger partial charge >= 0.3 is 5.97 Å². The van der Waals surface area contributed by atoms with Crippen LogP contribution in [0.3, 0.4) is 0 Å². The van der Waals surface area contributed by atoms with Crippen molar-refractivity contribution in [1.82, 2.24) is 0 Å². The fourth-order valence-electron chi connectivity index (χ4n) is 2.43. The maximum absolute atomic E-state index is 12.3. The monoisotopic (exact) mass is 278 g/mol. The van der Waals surface area contributed by atoms with E-state index in [1.54, 1.807) is 11.4 Å². The normalized spacial score (nSPS) is 17.2. The first-order valence-corrected chi connectivity index (χ1v) is 7.53. The molecule has 1 aromatic heterocycles. The van der Waals surface area contributed by atoms with Gasteiger partial charge in [0.05, 0.1) is 7.11 Å². The summed E-state index contributed by atoms with van der Waals surface area (Å²) in [5, 5.41) is 3.60. The Morgan fingerprint density at radius 2 is 2.05 bits per heavy atom. The second kappa shape index (κ2) is 6.66. The van der Waals surface area contributed by atoms with Gasteiger partial charge in [-0.05, 0) is 30.2 Å². The Hall–Kier alpha value is -1.42. The molecule has 2 rings (SSSR count). The van der Waals surface area contributed by atoms with Crippen LogP contribution >= 0.6 is 11.3 Å². The molecule has 102 valence electrons. The summed E-state index contributed by atoms with van der Waals surface area (Å²) in [5.41, 5.74) is 0.755. The predicted octanol–water partition coefficient (Wildman–Crippen LogP) is 3.61. The predicted molar refractivity (Wildman–Crippen MR) is 75.3 cm³/mol. The highest BCUT2D eigenvalue weighted by Gasteiger charge is 2.23. The van der Waals surface area contributed by atoms with Crippen LogP contribution in [0.5, 0.6) is 0 Å². The summed E-state index contributed by atoms with van der Waals surface area (Å²) in [6.07, 6.45) is 7.51. The van der Waals surface area contributed by atoms with E-state index in [1.807, 2.05) is 11.5 Å². The van der Waals surface area contributed by atoms with Crippen LogP contribution in [0.4, 0.5) is 0 Å². The van der Waals surface area contributed by atoms with E-state index < -0.39 is 5.97 Å². The lowest BCUT2D eigenvalue weighted by molar-refractivity contribution is -0.135. The summed E-state index contributed by atoms with van der Waals surface area (Å²) in [6.45, 7) is 0. The summed E-state index contributed by atoms with van der Waals surface area (Å²) in [5.74, 6) is -0.425. The van der Waals surface area contributed by atoms with Gasteiger partial charge in [-0.3, -0.25) is 4.79 Å². The standard InChI is InChI=1S/C15H18O3S/c1-18-15(17)13(9-11-5-3-2-4-6-11)14(16)12-7-8-19-10-12/h7-11H,2-6H2,1H3/b13-9-. The molecule has 1 saturated carbocycles. The van der Waals surface area contributed by atoms with E-state index in [0.717, 1.165) is 12.8 Å². The smallest absolute Gasteiger partial charge is 0.341 e. The largest absolute Gasteiger partial charge is 0.465 e. The van der Waals surface area contributed by atoms with Crippen molar-refractivity contribution in [2.75, 3.05) is 7.11 Å². The number of hydrogen-bond acceptors (Lipinski definition) is 4. The van der Waals surface area contributed by atoms with E-state index in [2.05, 4.69) is 0 Å². The van der Waals surface area contributed by atoms with Gasteiger partial charge in [-0.15, -0.1) is 0 Å². The van der Waals surface area contributed by atoms with Crippen molar-refractivity contribution in [3.05, 3.63) is 34.0 Å². The Morgan fingerprint density at radius 1 is 1.32 bits per heavy atom. The second-order valence-electron chi connectivity index (χ2n) is 4.81. The van der Waals surface area contributed by atoms with Crippen molar-refractivity contribution in [3.63, 3.8) is 0 Å². The third kappa shape index (κ3) is 3.53. The molecule has 0 atom stereocenters. The molecule has 3 nitrogen and oxygen atoms in total. The number of esters is 1. The molecule has 1 aromatic rings. The van der Waals surface area contributed by atoms with Gasteiger partial charge in [0.2, 0.25) is 5.78 Å². The molecule has 4 heteroatoms. The van der Waals surface area contributed by atoms with Crippen LogP contribution in [-0.2, 0) is 9.53 Å². The summed E-state index contributed by atoms with van der Waals surface area (Å²) in [4.78, 5) is 24.1. The van der Waals surface area contributed by atoms with E-state index in [0.29, 0.717) is 11.5 Å². The second-order valence-corrected chi connectivity index (χ2v) is 5.59. The number of ketones is 1. The lowest BCUT2D eigenvalue weighted by atomic mass is 9.87. The molecule has 0 aromatic carbocycles. The molecular formula is C15H18O3S. The van der Waals surface area contributed by atoms with Crippen molar-refractivity contribution in [2.24, 2.45) is 5.92 Å². The molecule has 0 spiro atoms. The Kier molecular flexibility index (Phi) is 4.91. The summed E-state index contributed by atoms with van der Waals surface area (Å²) in [6, 6.07) is 1.74. The quantitative estimate of drug-likeness (QED) is 0.278. The summed E-state index contributed by atoms with van der Waals surface area (Å²) < 4.78 is 4.75. The first kappa shape index (κ1) is 14.0. The van der Waals surface area contributed by atoms with Gasteiger partial charge in [-0.25, -0.2) is 4.79 Å². The number of thiophene rings is 1. The van der Waals surface area contributed by atoms with Gasteiger partial charge < -0.3 is 4.74 Å². The first-order valence-electron chi connectivity index (χ1n) is 6.59. The number of Topliss-reactive ketones (excluding diaryl/α,β-unsaturated/α-hetero) is 1. The van der Waals surface area contributed by atoms with E-state index >= 15 is 0 Å². The molecule has 1 aliphatic rings. The van der Waals surface area contributed by atoms with Crippen LogP contribution in [-0.4, -0.2) is 18.9 Å². The van der Waals surface area contributed by atoms with E-state index in [1.165, 1.54) is 37.7 Å². The summed E-state index contributed by atoms with van der Waals surface area (Å²) in [7, 11) is 1.32. The molecule has 0 unspecified atom stereocenters. The fourth-order valence-corrected chi connectivity index (χ4v) is 3.07. The minimum atomic E-state index is -0.526. The molecule has 0 bridgehead atoms.